The van der Waals surface area contributed by atoms with E-state index in [1.807, 2.05) is 66.2 Å². The zero-order valence-corrected chi connectivity index (χ0v) is 13.6. The summed E-state index contributed by atoms with van der Waals surface area (Å²) in [5.41, 5.74) is 5.03. The predicted molar refractivity (Wildman–Crippen MR) is 94.7 cm³/mol. The number of nitrogens with zero attached hydrogens (tertiary/aromatic N) is 2. The average molecular weight is 317 g/mol. The molecule has 3 aromatic rings. The molecule has 0 spiro atoms. The third kappa shape index (κ3) is 2.60. The van der Waals surface area contributed by atoms with E-state index in [9.17, 15) is 4.79 Å². The number of amides is 1. The Kier molecular flexibility index (Phi) is 3.65. The molecule has 1 N–H and O–H groups in total. The maximum atomic E-state index is 12.7. The van der Waals surface area contributed by atoms with Crippen LogP contribution in [0.5, 0.6) is 0 Å². The van der Waals surface area contributed by atoms with E-state index in [4.69, 9.17) is 5.10 Å². The van der Waals surface area contributed by atoms with Crippen LogP contribution in [-0.2, 0) is 12.8 Å². The summed E-state index contributed by atoms with van der Waals surface area (Å²) in [7, 11) is 0. The number of hydrogen-bond donors (Lipinski definition) is 1. The van der Waals surface area contributed by atoms with Crippen LogP contribution in [0.2, 0.25) is 0 Å². The van der Waals surface area contributed by atoms with Gasteiger partial charge in [-0.25, -0.2) is 4.68 Å². The highest BCUT2D eigenvalue weighted by molar-refractivity contribution is 6.04. The quantitative estimate of drug-likeness (QED) is 0.796. The summed E-state index contributed by atoms with van der Waals surface area (Å²) in [5.74, 6) is 0.709. The van der Waals surface area contributed by atoms with E-state index in [1.165, 1.54) is 5.56 Å². The van der Waals surface area contributed by atoms with Crippen molar-refractivity contribution in [1.29, 1.82) is 0 Å². The number of aromatic nitrogens is 2. The second-order valence-electron chi connectivity index (χ2n) is 6.19. The van der Waals surface area contributed by atoms with Crippen LogP contribution in [-0.4, -0.2) is 15.7 Å². The van der Waals surface area contributed by atoms with E-state index in [1.54, 1.807) is 0 Å². The normalized spacial score (nSPS) is 12.9. The molecular formula is C20H19N3O. The minimum Gasteiger partial charge on any atom is -0.306 e. The number of aryl methyl sites for hydroxylation is 2. The number of carbonyl (C=O) groups is 1. The smallest absolute Gasteiger partial charge is 0.256 e. The molecule has 0 aliphatic heterocycles. The lowest BCUT2D eigenvalue weighted by atomic mass is 10.1. The van der Waals surface area contributed by atoms with Crippen LogP contribution in [0.1, 0.15) is 33.6 Å². The van der Waals surface area contributed by atoms with Crippen molar-refractivity contribution in [3.63, 3.8) is 0 Å². The van der Waals surface area contributed by atoms with Crippen molar-refractivity contribution in [2.75, 3.05) is 5.32 Å². The Morgan fingerprint density at radius 2 is 1.79 bits per heavy atom. The standard InChI is InChI=1S/C20H19N3O/c1-14-10-12-15(13-11-14)20(24)21-19-17-8-5-9-18(17)22-23(19)16-6-3-2-4-7-16/h2-4,6-7,10-13H,5,8-9H2,1H3,(H,21,24). The predicted octanol–water partition coefficient (Wildman–Crippen LogP) is 3.92. The minimum absolute atomic E-state index is 0.0956. The van der Waals surface area contributed by atoms with Crippen molar-refractivity contribution in [3.8, 4) is 5.69 Å². The lowest BCUT2D eigenvalue weighted by Crippen LogP contribution is -2.16. The second kappa shape index (κ2) is 5.96. The van der Waals surface area contributed by atoms with Crippen LogP contribution in [0.3, 0.4) is 0 Å². The van der Waals surface area contributed by atoms with E-state index < -0.39 is 0 Å². The molecule has 1 heterocycles. The molecule has 2 aromatic carbocycles. The molecule has 4 heteroatoms. The Hall–Kier alpha value is -2.88. The first kappa shape index (κ1) is 14.7. The first-order chi connectivity index (χ1) is 11.7. The molecule has 4 rings (SSSR count). The van der Waals surface area contributed by atoms with Crippen molar-refractivity contribution < 1.29 is 4.79 Å². The van der Waals surface area contributed by atoms with Gasteiger partial charge in [-0.1, -0.05) is 35.9 Å². The molecule has 0 saturated heterocycles. The van der Waals surface area contributed by atoms with Gasteiger partial charge in [0.15, 0.2) is 0 Å². The number of para-hydroxylation sites is 1. The van der Waals surface area contributed by atoms with Crippen molar-refractivity contribution in [3.05, 3.63) is 77.0 Å². The monoisotopic (exact) mass is 317 g/mol. The van der Waals surface area contributed by atoms with Crippen molar-refractivity contribution in [2.24, 2.45) is 0 Å². The topological polar surface area (TPSA) is 46.9 Å². The summed E-state index contributed by atoms with van der Waals surface area (Å²) in [6, 6.07) is 17.6. The number of anilines is 1. The van der Waals surface area contributed by atoms with Crippen molar-refractivity contribution >= 4 is 11.7 Å². The second-order valence-corrected chi connectivity index (χ2v) is 6.19. The van der Waals surface area contributed by atoms with Gasteiger partial charge < -0.3 is 5.32 Å². The number of nitrogens with one attached hydrogen (secondary N) is 1. The maximum absolute atomic E-state index is 12.7. The Morgan fingerprint density at radius 1 is 1.04 bits per heavy atom. The molecular weight excluding hydrogens is 298 g/mol. The molecule has 0 bridgehead atoms. The van der Waals surface area contributed by atoms with Crippen LogP contribution in [0.25, 0.3) is 5.69 Å². The largest absolute Gasteiger partial charge is 0.306 e. The number of rotatable bonds is 3. The van der Waals surface area contributed by atoms with Gasteiger partial charge in [0, 0.05) is 11.1 Å². The van der Waals surface area contributed by atoms with Crippen LogP contribution in [0.15, 0.2) is 54.6 Å². The van der Waals surface area contributed by atoms with Gasteiger partial charge in [0.05, 0.1) is 11.4 Å². The van der Waals surface area contributed by atoms with E-state index >= 15 is 0 Å². The number of fused-ring (bicyclic) bond motifs is 1. The summed E-state index contributed by atoms with van der Waals surface area (Å²) in [4.78, 5) is 12.7. The van der Waals surface area contributed by atoms with Crippen LogP contribution < -0.4 is 5.32 Å². The highest BCUT2D eigenvalue weighted by Crippen LogP contribution is 2.31. The third-order valence-corrected chi connectivity index (χ3v) is 4.45. The fourth-order valence-electron chi connectivity index (χ4n) is 3.16. The van der Waals surface area contributed by atoms with Crippen LogP contribution in [0, 0.1) is 6.92 Å². The summed E-state index contributed by atoms with van der Waals surface area (Å²) in [6.07, 6.45) is 3.04. The molecule has 0 fully saturated rings. The number of benzene rings is 2. The summed E-state index contributed by atoms with van der Waals surface area (Å²) in [5, 5.41) is 7.81. The van der Waals surface area contributed by atoms with Crippen molar-refractivity contribution in [2.45, 2.75) is 26.2 Å². The van der Waals surface area contributed by atoms with Gasteiger partial charge in [0.25, 0.3) is 5.91 Å². The molecule has 0 saturated carbocycles. The van der Waals surface area contributed by atoms with Gasteiger partial charge >= 0.3 is 0 Å². The van der Waals surface area contributed by atoms with E-state index in [0.717, 1.165) is 42.0 Å². The van der Waals surface area contributed by atoms with E-state index in [-0.39, 0.29) is 5.91 Å². The van der Waals surface area contributed by atoms with Gasteiger partial charge in [0.2, 0.25) is 0 Å². The SMILES string of the molecule is Cc1ccc(C(=O)Nc2c3c(nn2-c2ccccc2)CCC3)cc1. The number of hydrogen-bond acceptors (Lipinski definition) is 2. The lowest BCUT2D eigenvalue weighted by Gasteiger charge is -2.11. The van der Waals surface area contributed by atoms with Gasteiger partial charge in [-0.3, -0.25) is 4.79 Å². The molecule has 24 heavy (non-hydrogen) atoms. The first-order valence-corrected chi connectivity index (χ1v) is 8.26. The van der Waals surface area contributed by atoms with E-state index in [2.05, 4.69) is 5.32 Å². The average Bonchev–Trinajstić information content (AvgIpc) is 3.19. The van der Waals surface area contributed by atoms with Gasteiger partial charge in [0.1, 0.15) is 5.82 Å². The minimum atomic E-state index is -0.0956. The molecule has 4 nitrogen and oxygen atoms in total. The Morgan fingerprint density at radius 3 is 2.54 bits per heavy atom. The fourth-order valence-corrected chi connectivity index (χ4v) is 3.16. The molecule has 1 amide bonds. The molecule has 1 aliphatic carbocycles. The van der Waals surface area contributed by atoms with E-state index in [0.29, 0.717) is 5.56 Å². The highest BCUT2D eigenvalue weighted by atomic mass is 16.1. The van der Waals surface area contributed by atoms with Crippen LogP contribution >= 0.6 is 0 Å². The molecule has 1 aromatic heterocycles. The highest BCUT2D eigenvalue weighted by Gasteiger charge is 2.24. The molecule has 1 aliphatic rings. The maximum Gasteiger partial charge on any atom is 0.256 e. The summed E-state index contributed by atoms with van der Waals surface area (Å²) < 4.78 is 1.86. The molecule has 120 valence electrons. The Bertz CT molecular complexity index is 879. The lowest BCUT2D eigenvalue weighted by molar-refractivity contribution is 0.102. The van der Waals surface area contributed by atoms with Crippen molar-refractivity contribution in [1.82, 2.24) is 9.78 Å². The fraction of sp³-hybridized carbons (Fsp3) is 0.200. The van der Waals surface area contributed by atoms with Gasteiger partial charge in [-0.05, 0) is 50.5 Å². The third-order valence-electron chi connectivity index (χ3n) is 4.45. The van der Waals surface area contributed by atoms with Gasteiger partial charge in [-0.15, -0.1) is 0 Å². The molecule has 0 unspecified atom stereocenters. The molecule has 0 atom stereocenters. The Labute approximate surface area is 141 Å². The van der Waals surface area contributed by atoms with Crippen LogP contribution in [0.4, 0.5) is 5.82 Å². The Balaban J connectivity index is 1.72. The summed E-state index contributed by atoms with van der Waals surface area (Å²) >= 11 is 0. The zero-order valence-electron chi connectivity index (χ0n) is 13.6. The first-order valence-electron chi connectivity index (χ1n) is 8.26. The molecule has 0 radical (unpaired) electrons. The van der Waals surface area contributed by atoms with Gasteiger partial charge in [-0.2, -0.15) is 5.10 Å². The zero-order chi connectivity index (χ0) is 16.5. The number of carbonyl (C=O) groups excluding carboxylic acids is 1. The summed E-state index contributed by atoms with van der Waals surface area (Å²) in [6.45, 7) is 2.01.